The van der Waals surface area contributed by atoms with Crippen molar-refractivity contribution in [3.05, 3.63) is 35.9 Å². The summed E-state index contributed by atoms with van der Waals surface area (Å²) >= 11 is 0. The molecule has 5 heteroatoms. The largest absolute Gasteiger partial charge is 0.384 e. The number of piperidine rings is 2. The Kier molecular flexibility index (Phi) is 7.06. The summed E-state index contributed by atoms with van der Waals surface area (Å²) in [4.78, 5) is 15.2. The standard InChI is InChI=1S/C21H33N3O2/c1-26-17-21(9-11-22-12-10-21)16-23-20(25)19-8-5-13-24(15-19)14-18-6-3-2-4-7-18/h2-4,6-7,19,22H,5,8-17H2,1H3,(H,23,25). The molecule has 0 aliphatic carbocycles. The molecule has 1 atom stereocenters. The fourth-order valence-electron chi connectivity index (χ4n) is 4.31. The van der Waals surface area contributed by atoms with Gasteiger partial charge in [-0.1, -0.05) is 30.3 Å². The second kappa shape index (κ2) is 9.49. The number of likely N-dealkylation sites (tertiary alicyclic amines) is 1. The smallest absolute Gasteiger partial charge is 0.224 e. The third-order valence-corrected chi connectivity index (χ3v) is 5.88. The zero-order valence-electron chi connectivity index (χ0n) is 16.0. The van der Waals surface area contributed by atoms with Crippen molar-refractivity contribution < 1.29 is 9.53 Å². The van der Waals surface area contributed by atoms with Crippen LogP contribution >= 0.6 is 0 Å². The average molecular weight is 360 g/mol. The van der Waals surface area contributed by atoms with Gasteiger partial charge < -0.3 is 15.4 Å². The Balaban J connectivity index is 1.50. The lowest BCUT2D eigenvalue weighted by atomic mass is 9.79. The molecule has 0 spiro atoms. The van der Waals surface area contributed by atoms with Crippen LogP contribution in [0.15, 0.2) is 30.3 Å². The Labute approximate surface area is 157 Å². The fraction of sp³-hybridized carbons (Fsp3) is 0.667. The van der Waals surface area contributed by atoms with Crippen molar-refractivity contribution in [1.82, 2.24) is 15.5 Å². The quantitative estimate of drug-likeness (QED) is 0.782. The first-order chi connectivity index (χ1) is 12.7. The summed E-state index contributed by atoms with van der Waals surface area (Å²) < 4.78 is 5.46. The van der Waals surface area contributed by atoms with E-state index >= 15 is 0 Å². The van der Waals surface area contributed by atoms with Crippen molar-refractivity contribution in [2.24, 2.45) is 11.3 Å². The van der Waals surface area contributed by atoms with Gasteiger partial charge in [-0.05, 0) is 50.9 Å². The van der Waals surface area contributed by atoms with Gasteiger partial charge in [0, 0.05) is 32.2 Å². The van der Waals surface area contributed by atoms with E-state index in [2.05, 4.69) is 39.8 Å². The van der Waals surface area contributed by atoms with E-state index < -0.39 is 0 Å². The fourth-order valence-corrected chi connectivity index (χ4v) is 4.31. The number of hydrogen-bond donors (Lipinski definition) is 2. The Morgan fingerprint density at radius 1 is 1.31 bits per heavy atom. The van der Waals surface area contributed by atoms with Gasteiger partial charge >= 0.3 is 0 Å². The molecule has 1 aromatic carbocycles. The van der Waals surface area contributed by atoms with Gasteiger partial charge in [0.25, 0.3) is 0 Å². The second-order valence-electron chi connectivity index (χ2n) is 7.96. The van der Waals surface area contributed by atoms with Crippen LogP contribution in [0, 0.1) is 11.3 Å². The molecule has 1 unspecified atom stereocenters. The summed E-state index contributed by atoms with van der Waals surface area (Å²) in [5, 5.41) is 6.66. The third-order valence-electron chi connectivity index (χ3n) is 5.88. The lowest BCUT2D eigenvalue weighted by molar-refractivity contribution is -0.127. The average Bonchev–Trinajstić information content (AvgIpc) is 2.68. The van der Waals surface area contributed by atoms with Crippen LogP contribution in [-0.4, -0.2) is 57.2 Å². The SMILES string of the molecule is COCC1(CNC(=O)C2CCCN(Cc3ccccc3)C2)CCNCC1. The Morgan fingerprint density at radius 2 is 2.08 bits per heavy atom. The van der Waals surface area contributed by atoms with Crippen LogP contribution in [0.2, 0.25) is 0 Å². The molecule has 5 nitrogen and oxygen atoms in total. The van der Waals surface area contributed by atoms with E-state index in [1.807, 2.05) is 6.07 Å². The number of methoxy groups -OCH3 is 1. The zero-order valence-corrected chi connectivity index (χ0v) is 16.0. The molecular weight excluding hydrogens is 326 g/mol. The molecule has 1 aromatic rings. The highest BCUT2D eigenvalue weighted by atomic mass is 16.5. The summed E-state index contributed by atoms with van der Waals surface area (Å²) in [6.07, 6.45) is 4.21. The molecule has 0 aromatic heterocycles. The molecule has 2 aliphatic heterocycles. The van der Waals surface area contributed by atoms with Crippen molar-refractivity contribution >= 4 is 5.91 Å². The predicted molar refractivity (Wildman–Crippen MR) is 104 cm³/mol. The molecule has 0 saturated carbocycles. The first kappa shape index (κ1) is 19.3. The number of carbonyl (C=O) groups is 1. The number of carbonyl (C=O) groups excluding carboxylic acids is 1. The van der Waals surface area contributed by atoms with Gasteiger partial charge in [0.2, 0.25) is 5.91 Å². The first-order valence-electron chi connectivity index (χ1n) is 9.94. The van der Waals surface area contributed by atoms with Gasteiger partial charge in [0.05, 0.1) is 12.5 Å². The van der Waals surface area contributed by atoms with Gasteiger partial charge in [-0.3, -0.25) is 9.69 Å². The van der Waals surface area contributed by atoms with E-state index in [4.69, 9.17) is 4.74 Å². The number of benzene rings is 1. The Morgan fingerprint density at radius 3 is 2.81 bits per heavy atom. The third kappa shape index (κ3) is 5.29. The van der Waals surface area contributed by atoms with E-state index in [0.29, 0.717) is 0 Å². The van der Waals surface area contributed by atoms with Gasteiger partial charge in [-0.15, -0.1) is 0 Å². The highest BCUT2D eigenvalue weighted by Gasteiger charge is 2.34. The summed E-state index contributed by atoms with van der Waals surface area (Å²) in [6, 6.07) is 10.5. The minimum Gasteiger partial charge on any atom is -0.384 e. The maximum atomic E-state index is 12.8. The number of nitrogens with one attached hydrogen (secondary N) is 2. The van der Waals surface area contributed by atoms with E-state index in [1.54, 1.807) is 7.11 Å². The minimum absolute atomic E-state index is 0.0913. The molecule has 26 heavy (non-hydrogen) atoms. The number of ether oxygens (including phenoxy) is 1. The predicted octanol–water partition coefficient (Wildman–Crippen LogP) is 2.03. The van der Waals surface area contributed by atoms with Crippen molar-refractivity contribution in [3.8, 4) is 0 Å². The van der Waals surface area contributed by atoms with Crippen LogP contribution in [0.5, 0.6) is 0 Å². The van der Waals surface area contributed by atoms with E-state index in [0.717, 1.165) is 71.6 Å². The monoisotopic (exact) mass is 359 g/mol. The molecule has 2 heterocycles. The van der Waals surface area contributed by atoms with Crippen LogP contribution < -0.4 is 10.6 Å². The normalized spacial score (nSPS) is 23.5. The number of hydrogen-bond acceptors (Lipinski definition) is 4. The molecule has 1 amide bonds. The summed E-state index contributed by atoms with van der Waals surface area (Å²) in [7, 11) is 1.76. The van der Waals surface area contributed by atoms with Crippen molar-refractivity contribution in [2.75, 3.05) is 46.4 Å². The van der Waals surface area contributed by atoms with Crippen molar-refractivity contribution in [3.63, 3.8) is 0 Å². The second-order valence-corrected chi connectivity index (χ2v) is 7.96. The van der Waals surface area contributed by atoms with Gasteiger partial charge in [0.15, 0.2) is 0 Å². The first-order valence-corrected chi connectivity index (χ1v) is 9.94. The van der Waals surface area contributed by atoms with Crippen LogP contribution in [0.3, 0.4) is 0 Å². The summed E-state index contributed by atoms with van der Waals surface area (Å²) in [6.45, 7) is 6.35. The number of amides is 1. The molecule has 2 aliphatic rings. The molecule has 144 valence electrons. The molecule has 0 radical (unpaired) electrons. The Bertz CT molecular complexity index is 552. The van der Waals surface area contributed by atoms with Gasteiger partial charge in [-0.25, -0.2) is 0 Å². The maximum Gasteiger partial charge on any atom is 0.224 e. The molecule has 3 rings (SSSR count). The van der Waals surface area contributed by atoms with E-state index in [9.17, 15) is 4.79 Å². The minimum atomic E-state index is 0.0913. The molecular formula is C21H33N3O2. The van der Waals surface area contributed by atoms with Gasteiger partial charge in [0.1, 0.15) is 0 Å². The van der Waals surface area contributed by atoms with Crippen LogP contribution in [-0.2, 0) is 16.1 Å². The van der Waals surface area contributed by atoms with Crippen molar-refractivity contribution in [1.29, 1.82) is 0 Å². The lowest BCUT2D eigenvalue weighted by Crippen LogP contribution is -2.49. The highest BCUT2D eigenvalue weighted by Crippen LogP contribution is 2.28. The molecule has 2 fully saturated rings. The molecule has 2 saturated heterocycles. The molecule has 0 bridgehead atoms. The molecule has 2 N–H and O–H groups in total. The maximum absolute atomic E-state index is 12.8. The Hall–Kier alpha value is -1.43. The van der Waals surface area contributed by atoms with Crippen LogP contribution in [0.4, 0.5) is 0 Å². The zero-order chi connectivity index (χ0) is 18.2. The van der Waals surface area contributed by atoms with Gasteiger partial charge in [-0.2, -0.15) is 0 Å². The van der Waals surface area contributed by atoms with E-state index in [1.165, 1.54) is 5.56 Å². The number of rotatable bonds is 7. The van der Waals surface area contributed by atoms with Crippen LogP contribution in [0.25, 0.3) is 0 Å². The highest BCUT2D eigenvalue weighted by molar-refractivity contribution is 5.79. The summed E-state index contributed by atoms with van der Waals surface area (Å²) in [5.74, 6) is 0.325. The van der Waals surface area contributed by atoms with Crippen molar-refractivity contribution in [2.45, 2.75) is 32.2 Å². The van der Waals surface area contributed by atoms with E-state index in [-0.39, 0.29) is 17.2 Å². The number of nitrogens with zero attached hydrogens (tertiary/aromatic N) is 1. The van der Waals surface area contributed by atoms with Crippen LogP contribution in [0.1, 0.15) is 31.2 Å². The summed E-state index contributed by atoms with van der Waals surface area (Å²) in [5.41, 5.74) is 1.41. The topological polar surface area (TPSA) is 53.6 Å². The lowest BCUT2D eigenvalue weighted by Gasteiger charge is -2.38.